The molecule has 1 nitrogen and oxygen atoms in total. The van der Waals surface area contributed by atoms with Gasteiger partial charge in [-0.1, -0.05) is 0 Å². The number of benzene rings is 2. The zero-order valence-electron chi connectivity index (χ0n) is 9.78. The van der Waals surface area contributed by atoms with Crippen LogP contribution in [0.3, 0.4) is 0 Å². The van der Waals surface area contributed by atoms with Gasteiger partial charge in [-0.05, 0) is 0 Å². The maximum atomic E-state index is 11.7. The van der Waals surface area contributed by atoms with Gasteiger partial charge >= 0.3 is 118 Å². The Morgan fingerprint density at radius 3 is 1.72 bits per heavy atom. The summed E-state index contributed by atoms with van der Waals surface area (Å²) in [5.41, 5.74) is 3.08. The molecule has 0 fully saturated rings. The second-order valence-electron chi connectivity index (χ2n) is 3.87. The Labute approximate surface area is 118 Å². The van der Waals surface area contributed by atoms with Gasteiger partial charge in [-0.2, -0.15) is 0 Å². The zero-order valence-corrected chi connectivity index (χ0v) is 11.3. The third-order valence-electron chi connectivity index (χ3n) is 2.59. The van der Waals surface area contributed by atoms with E-state index >= 15 is 0 Å². The van der Waals surface area contributed by atoms with Crippen LogP contribution in [0.25, 0.3) is 5.57 Å². The molecule has 0 bridgehead atoms. The van der Waals surface area contributed by atoms with Crippen LogP contribution >= 0.6 is 0 Å². The van der Waals surface area contributed by atoms with Gasteiger partial charge < -0.3 is 0 Å². The Hall–Kier alpha value is -1.49. The van der Waals surface area contributed by atoms with Crippen LogP contribution in [0, 0.1) is 0 Å². The quantitative estimate of drug-likeness (QED) is 0.619. The minimum atomic E-state index is 0.0840. The maximum absolute atomic E-state index is 11.7. The molecular formula is C16H13OPd. The van der Waals surface area contributed by atoms with Gasteiger partial charge in [0.25, 0.3) is 0 Å². The predicted octanol–water partition coefficient (Wildman–Crippen LogP) is 3.65. The van der Waals surface area contributed by atoms with Gasteiger partial charge in [-0.15, -0.1) is 0 Å². The number of ketones is 1. The molecule has 0 saturated heterocycles. The van der Waals surface area contributed by atoms with Crippen LogP contribution in [0.2, 0.25) is 4.89 Å². The van der Waals surface area contributed by atoms with E-state index in [1.165, 1.54) is 0 Å². The van der Waals surface area contributed by atoms with Crippen LogP contribution in [0.15, 0.2) is 66.7 Å². The summed E-state index contributed by atoms with van der Waals surface area (Å²) in [6.07, 6.45) is 1.70. The molecule has 0 N–H and O–H groups in total. The van der Waals surface area contributed by atoms with E-state index in [-0.39, 0.29) is 5.78 Å². The van der Waals surface area contributed by atoms with E-state index in [9.17, 15) is 4.79 Å². The van der Waals surface area contributed by atoms with Crippen molar-refractivity contribution >= 4 is 11.4 Å². The van der Waals surface area contributed by atoms with Crippen molar-refractivity contribution in [3.05, 3.63) is 77.9 Å². The van der Waals surface area contributed by atoms with Gasteiger partial charge in [0.1, 0.15) is 0 Å². The summed E-state index contributed by atoms with van der Waals surface area (Å²) >= 11 is 2.93. The third-order valence-corrected chi connectivity index (χ3v) is 3.13. The van der Waals surface area contributed by atoms with Gasteiger partial charge in [0.15, 0.2) is 0 Å². The fraction of sp³-hybridized carbons (Fsp3) is 0.0625. The van der Waals surface area contributed by atoms with E-state index in [1.807, 2.05) is 60.7 Å². The molecule has 93 valence electrons. The predicted molar refractivity (Wildman–Crippen MR) is 69.8 cm³/mol. The fourth-order valence-corrected chi connectivity index (χ4v) is 1.92. The molecule has 0 heterocycles. The van der Waals surface area contributed by atoms with Crippen molar-refractivity contribution in [1.29, 1.82) is 0 Å². The van der Waals surface area contributed by atoms with Gasteiger partial charge in [-0.3, -0.25) is 0 Å². The molecule has 0 atom stereocenters. The van der Waals surface area contributed by atoms with Crippen LogP contribution in [0.5, 0.6) is 0 Å². The minimum absolute atomic E-state index is 0.0840. The van der Waals surface area contributed by atoms with E-state index in [2.05, 4.69) is 19.2 Å². The summed E-state index contributed by atoms with van der Waals surface area (Å²) in [5, 5.41) is 0. The second-order valence-corrected chi connectivity index (χ2v) is 4.42. The van der Waals surface area contributed by atoms with Gasteiger partial charge in [0.2, 0.25) is 0 Å². The molecule has 0 aromatic heterocycles. The molecule has 2 aromatic carbocycles. The normalized spacial score (nSPS) is 9.89. The summed E-state index contributed by atoms with van der Waals surface area (Å²) in [6.45, 7) is 0. The van der Waals surface area contributed by atoms with Crippen LogP contribution in [0.4, 0.5) is 0 Å². The molecular weight excluding hydrogens is 315 g/mol. The first-order chi connectivity index (χ1) is 8.81. The van der Waals surface area contributed by atoms with E-state index in [0.29, 0.717) is 4.89 Å². The van der Waals surface area contributed by atoms with Crippen molar-refractivity contribution in [3.8, 4) is 0 Å². The average Bonchev–Trinajstić information content (AvgIpc) is 2.46. The summed E-state index contributed by atoms with van der Waals surface area (Å²) < 4.78 is 0. The van der Waals surface area contributed by atoms with Crippen LogP contribution in [-0.2, 0) is 24.0 Å². The van der Waals surface area contributed by atoms with E-state index in [0.717, 1.165) is 16.7 Å². The molecule has 2 heteroatoms. The van der Waals surface area contributed by atoms with Crippen molar-refractivity contribution in [2.75, 3.05) is 0 Å². The molecule has 0 aliphatic heterocycles. The van der Waals surface area contributed by atoms with Crippen LogP contribution < -0.4 is 0 Å². The summed E-state index contributed by atoms with van der Waals surface area (Å²) in [4.78, 5) is 12.0. The number of hydrogen-bond acceptors (Lipinski definition) is 1. The molecule has 0 amide bonds. The van der Waals surface area contributed by atoms with Crippen molar-refractivity contribution in [2.24, 2.45) is 0 Å². The Bertz CT molecular complexity index is 502. The molecule has 2 aromatic rings. The number of allylic oxidation sites excluding steroid dienone is 1. The first kappa shape index (κ1) is 13.0. The molecule has 0 spiro atoms. The van der Waals surface area contributed by atoms with Crippen LogP contribution in [-0.4, -0.2) is 5.78 Å². The van der Waals surface area contributed by atoms with Gasteiger partial charge in [0, 0.05) is 0 Å². The standard InChI is InChI=1S/C16H13O.Pd/c1-13(17)12-16(14-8-4-2-5-9-14)15-10-6-3-7-11-15;/h2-12H,1H2;. The van der Waals surface area contributed by atoms with Gasteiger partial charge in [0.05, 0.1) is 0 Å². The van der Waals surface area contributed by atoms with E-state index in [1.54, 1.807) is 6.08 Å². The number of carbonyl (C=O) groups is 1. The summed E-state index contributed by atoms with van der Waals surface area (Å²) in [6, 6.07) is 19.9. The monoisotopic (exact) mass is 327 g/mol. The Kier molecular flexibility index (Phi) is 4.64. The molecule has 0 aliphatic rings. The van der Waals surface area contributed by atoms with E-state index < -0.39 is 0 Å². The Balaban J connectivity index is 2.49. The first-order valence-electron chi connectivity index (χ1n) is 5.68. The van der Waals surface area contributed by atoms with Crippen molar-refractivity contribution in [2.45, 2.75) is 4.89 Å². The fourth-order valence-electron chi connectivity index (χ4n) is 1.76. The third kappa shape index (κ3) is 3.26. The number of hydrogen-bond donors (Lipinski definition) is 0. The Morgan fingerprint density at radius 1 is 0.889 bits per heavy atom. The molecule has 2 rings (SSSR count). The molecule has 0 saturated carbocycles. The molecule has 0 radical (unpaired) electrons. The second kappa shape index (κ2) is 6.45. The number of rotatable bonds is 4. The van der Waals surface area contributed by atoms with E-state index in [4.69, 9.17) is 0 Å². The van der Waals surface area contributed by atoms with Crippen molar-refractivity contribution in [1.82, 2.24) is 0 Å². The summed E-state index contributed by atoms with van der Waals surface area (Å²) in [7, 11) is 0. The Morgan fingerprint density at radius 2 is 1.33 bits per heavy atom. The van der Waals surface area contributed by atoms with Crippen LogP contribution in [0.1, 0.15) is 11.1 Å². The zero-order chi connectivity index (χ0) is 12.8. The average molecular weight is 328 g/mol. The number of carbonyl (C=O) groups excluding carboxylic acids is 1. The topological polar surface area (TPSA) is 17.1 Å². The molecule has 0 aliphatic carbocycles. The van der Waals surface area contributed by atoms with Gasteiger partial charge in [-0.25, -0.2) is 0 Å². The van der Waals surface area contributed by atoms with Crippen molar-refractivity contribution < 1.29 is 24.0 Å². The molecule has 0 unspecified atom stereocenters. The molecule has 18 heavy (non-hydrogen) atoms. The SMILES string of the molecule is O=C(C=C(c1ccccc1)c1ccccc1)[CH2][Pd]. The first-order valence-corrected chi connectivity index (χ1v) is 6.78. The van der Waals surface area contributed by atoms with Crippen molar-refractivity contribution in [3.63, 3.8) is 0 Å². The summed E-state index contributed by atoms with van der Waals surface area (Å²) in [5.74, 6) is 0.0840.